The van der Waals surface area contributed by atoms with Gasteiger partial charge in [-0.2, -0.15) is 0 Å². The first-order valence-corrected chi connectivity index (χ1v) is 7.88. The van der Waals surface area contributed by atoms with E-state index in [1.807, 2.05) is 13.8 Å². The summed E-state index contributed by atoms with van der Waals surface area (Å²) in [6, 6.07) is 0. The van der Waals surface area contributed by atoms with Gasteiger partial charge in [-0.05, 0) is 38.0 Å². The predicted molar refractivity (Wildman–Crippen MR) is 81.3 cm³/mol. The van der Waals surface area contributed by atoms with E-state index in [9.17, 15) is 0 Å². The average Bonchev–Trinajstić information content (AvgIpc) is 2.73. The number of ether oxygens (including phenoxy) is 2. The van der Waals surface area contributed by atoms with E-state index in [1.54, 1.807) is 0 Å². The molecule has 1 aliphatic heterocycles. The minimum Gasteiger partial charge on any atom is -0.348 e. The number of fused-ring (bicyclic) bond motifs is 2. The van der Waals surface area contributed by atoms with Gasteiger partial charge in [0, 0.05) is 11.3 Å². The molecular formula is C18H28O2. The molecule has 0 unspecified atom stereocenters. The van der Waals surface area contributed by atoms with Gasteiger partial charge in [0.05, 0.1) is 12.7 Å². The molecule has 2 aliphatic carbocycles. The fraction of sp³-hybridized carbons (Fsp3) is 0.778. The lowest BCUT2D eigenvalue weighted by Gasteiger charge is -2.55. The Balaban J connectivity index is 1.93. The van der Waals surface area contributed by atoms with Crippen molar-refractivity contribution in [2.75, 3.05) is 6.61 Å². The van der Waals surface area contributed by atoms with Crippen LogP contribution in [-0.2, 0) is 9.47 Å². The van der Waals surface area contributed by atoms with E-state index >= 15 is 0 Å². The van der Waals surface area contributed by atoms with Crippen LogP contribution < -0.4 is 0 Å². The fourth-order valence-corrected chi connectivity index (χ4v) is 4.32. The van der Waals surface area contributed by atoms with Crippen LogP contribution in [0.2, 0.25) is 0 Å². The highest BCUT2D eigenvalue weighted by Gasteiger charge is 2.55. The molecule has 0 aromatic rings. The molecule has 0 aromatic heterocycles. The molecule has 1 saturated carbocycles. The summed E-state index contributed by atoms with van der Waals surface area (Å²) in [4.78, 5) is 0. The Hall–Kier alpha value is -0.600. The first-order chi connectivity index (χ1) is 9.19. The van der Waals surface area contributed by atoms with E-state index in [0.717, 1.165) is 0 Å². The van der Waals surface area contributed by atoms with E-state index in [0.29, 0.717) is 18.4 Å². The molecule has 0 amide bonds. The maximum atomic E-state index is 6.19. The molecule has 2 heteroatoms. The van der Waals surface area contributed by atoms with Crippen LogP contribution in [0.5, 0.6) is 0 Å². The molecular weight excluding hydrogens is 248 g/mol. The molecule has 0 aromatic carbocycles. The summed E-state index contributed by atoms with van der Waals surface area (Å²) in [5, 5.41) is 0. The number of rotatable bonds is 1. The standard InChI is InChI=1S/C18H28O2/c1-12-7-8-14-13(2)17(12,5)9-10-18(14,6)15-11-19-16(3,4)20-15/h7-8,12,14-15H,2,9-11H2,1,3-6H3/t12-,14-,15-,17+,18+/m1/s1. The highest BCUT2D eigenvalue weighted by Crippen LogP contribution is 2.60. The van der Waals surface area contributed by atoms with Gasteiger partial charge in [-0.15, -0.1) is 0 Å². The van der Waals surface area contributed by atoms with Gasteiger partial charge in [0.25, 0.3) is 0 Å². The Kier molecular flexibility index (Phi) is 3.02. The van der Waals surface area contributed by atoms with Gasteiger partial charge in [-0.25, -0.2) is 0 Å². The molecule has 2 fully saturated rings. The predicted octanol–water partition coefficient (Wildman–Crippen LogP) is 4.32. The van der Waals surface area contributed by atoms with Crippen molar-refractivity contribution in [2.45, 2.75) is 59.4 Å². The van der Waals surface area contributed by atoms with Crippen LogP contribution >= 0.6 is 0 Å². The van der Waals surface area contributed by atoms with Crippen LogP contribution in [0.3, 0.4) is 0 Å². The third-order valence-corrected chi connectivity index (χ3v) is 6.34. The summed E-state index contributed by atoms with van der Waals surface area (Å²) < 4.78 is 12.0. The second-order valence-corrected chi connectivity index (χ2v) is 7.92. The molecule has 0 N–H and O–H groups in total. The lowest BCUT2D eigenvalue weighted by atomic mass is 9.50. The van der Waals surface area contributed by atoms with Crippen LogP contribution in [0.25, 0.3) is 0 Å². The van der Waals surface area contributed by atoms with Crippen LogP contribution in [0.15, 0.2) is 24.3 Å². The average molecular weight is 276 g/mol. The molecule has 3 rings (SSSR count). The zero-order valence-corrected chi connectivity index (χ0v) is 13.5. The molecule has 0 radical (unpaired) electrons. The topological polar surface area (TPSA) is 18.5 Å². The van der Waals surface area contributed by atoms with E-state index in [2.05, 4.69) is 39.5 Å². The van der Waals surface area contributed by atoms with Gasteiger partial charge >= 0.3 is 0 Å². The lowest BCUT2D eigenvalue weighted by Crippen LogP contribution is -2.51. The van der Waals surface area contributed by atoms with Gasteiger partial charge < -0.3 is 9.47 Å². The Bertz CT molecular complexity index is 464. The monoisotopic (exact) mass is 276 g/mol. The molecule has 5 atom stereocenters. The normalized spacial score (nSPS) is 50.5. The van der Waals surface area contributed by atoms with Gasteiger partial charge in [-0.3, -0.25) is 0 Å². The zero-order chi connectivity index (χ0) is 14.8. The smallest absolute Gasteiger partial charge is 0.163 e. The number of allylic oxidation sites excluding steroid dienone is 3. The Labute approximate surface area is 123 Å². The van der Waals surface area contributed by atoms with Crippen LogP contribution in [-0.4, -0.2) is 18.5 Å². The Morgan fingerprint density at radius 3 is 2.45 bits per heavy atom. The first kappa shape index (κ1) is 14.3. The van der Waals surface area contributed by atoms with Gasteiger partial charge in [0.15, 0.2) is 5.79 Å². The van der Waals surface area contributed by atoms with E-state index < -0.39 is 5.79 Å². The van der Waals surface area contributed by atoms with Crippen molar-refractivity contribution >= 4 is 0 Å². The van der Waals surface area contributed by atoms with Crippen molar-refractivity contribution in [3.8, 4) is 0 Å². The van der Waals surface area contributed by atoms with Gasteiger partial charge in [0.1, 0.15) is 0 Å². The van der Waals surface area contributed by atoms with Crippen molar-refractivity contribution in [2.24, 2.45) is 22.7 Å². The highest BCUT2D eigenvalue weighted by molar-refractivity contribution is 5.32. The maximum absolute atomic E-state index is 6.19. The molecule has 2 nitrogen and oxygen atoms in total. The summed E-state index contributed by atoms with van der Waals surface area (Å²) in [6.45, 7) is 16.3. The second kappa shape index (κ2) is 4.20. The summed E-state index contributed by atoms with van der Waals surface area (Å²) in [5.41, 5.74) is 1.77. The lowest BCUT2D eigenvalue weighted by molar-refractivity contribution is -0.160. The van der Waals surface area contributed by atoms with Crippen LogP contribution in [0.4, 0.5) is 0 Å². The fourth-order valence-electron chi connectivity index (χ4n) is 4.32. The van der Waals surface area contributed by atoms with E-state index in [4.69, 9.17) is 9.47 Å². The van der Waals surface area contributed by atoms with Crippen LogP contribution in [0.1, 0.15) is 47.5 Å². The molecule has 0 spiro atoms. The van der Waals surface area contributed by atoms with Crippen molar-refractivity contribution in [3.63, 3.8) is 0 Å². The zero-order valence-electron chi connectivity index (χ0n) is 13.5. The molecule has 112 valence electrons. The summed E-state index contributed by atoms with van der Waals surface area (Å²) >= 11 is 0. The quantitative estimate of drug-likeness (QED) is 0.664. The Morgan fingerprint density at radius 1 is 1.15 bits per heavy atom. The molecule has 3 aliphatic rings. The van der Waals surface area contributed by atoms with Crippen LogP contribution in [0, 0.1) is 22.7 Å². The van der Waals surface area contributed by atoms with E-state index in [-0.39, 0.29) is 16.9 Å². The molecule has 1 heterocycles. The van der Waals surface area contributed by atoms with Gasteiger partial charge in [0.2, 0.25) is 0 Å². The van der Waals surface area contributed by atoms with Crippen molar-refractivity contribution < 1.29 is 9.47 Å². The third-order valence-electron chi connectivity index (χ3n) is 6.34. The maximum Gasteiger partial charge on any atom is 0.163 e. The summed E-state index contributed by atoms with van der Waals surface area (Å²) in [6.07, 6.45) is 7.32. The van der Waals surface area contributed by atoms with Crippen molar-refractivity contribution in [1.82, 2.24) is 0 Å². The third kappa shape index (κ3) is 1.84. The van der Waals surface area contributed by atoms with Crippen molar-refractivity contribution in [1.29, 1.82) is 0 Å². The largest absolute Gasteiger partial charge is 0.348 e. The number of hydrogen-bond acceptors (Lipinski definition) is 2. The summed E-state index contributed by atoms with van der Waals surface area (Å²) in [7, 11) is 0. The van der Waals surface area contributed by atoms with Gasteiger partial charge in [-0.1, -0.05) is 45.1 Å². The first-order valence-electron chi connectivity index (χ1n) is 7.88. The summed E-state index contributed by atoms with van der Waals surface area (Å²) in [5.74, 6) is 0.564. The van der Waals surface area contributed by atoms with Crippen molar-refractivity contribution in [3.05, 3.63) is 24.3 Å². The highest BCUT2D eigenvalue weighted by atomic mass is 16.7. The Morgan fingerprint density at radius 2 is 1.85 bits per heavy atom. The SMILES string of the molecule is C=C1[C@H]2C=C[C@@H](C)[C@]1(C)CC[C@]2(C)[C@H]1COC(C)(C)O1. The second-order valence-electron chi connectivity index (χ2n) is 7.92. The number of hydrogen-bond donors (Lipinski definition) is 0. The molecule has 2 bridgehead atoms. The minimum absolute atomic E-state index is 0.112. The molecule has 20 heavy (non-hydrogen) atoms. The molecule has 1 saturated heterocycles. The minimum atomic E-state index is -0.443. The van der Waals surface area contributed by atoms with E-state index in [1.165, 1.54) is 18.4 Å².